The highest BCUT2D eigenvalue weighted by Gasteiger charge is 2.17. The Kier molecular flexibility index (Phi) is 4.67. The van der Waals surface area contributed by atoms with E-state index in [1.165, 1.54) is 36.2 Å². The van der Waals surface area contributed by atoms with Crippen LogP contribution in [0.4, 0.5) is 20.6 Å². The number of hydrogen-bond donors (Lipinski definition) is 1. The molecule has 0 unspecified atom stereocenters. The molecule has 0 aliphatic rings. The van der Waals surface area contributed by atoms with Crippen LogP contribution in [-0.4, -0.2) is 22.9 Å². The van der Waals surface area contributed by atoms with Crippen LogP contribution in [0.2, 0.25) is 0 Å². The monoisotopic (exact) mass is 303 g/mol. The molecule has 2 amide bonds. The highest BCUT2D eigenvalue weighted by Crippen LogP contribution is 2.20. The first-order valence-corrected chi connectivity index (χ1v) is 6.48. The zero-order valence-corrected chi connectivity index (χ0v) is 11.8. The molecule has 0 atom stereocenters. The number of halogens is 1. The number of carbonyl (C=O) groups excluding carboxylic acids is 1. The molecule has 0 heterocycles. The summed E-state index contributed by atoms with van der Waals surface area (Å²) >= 11 is 0. The molecule has 2 rings (SSSR count). The van der Waals surface area contributed by atoms with Crippen LogP contribution in [0.15, 0.2) is 48.5 Å². The van der Waals surface area contributed by atoms with E-state index < -0.39 is 16.8 Å². The Bertz CT molecular complexity index is 706. The molecule has 22 heavy (non-hydrogen) atoms. The Morgan fingerprint density at radius 2 is 1.86 bits per heavy atom. The van der Waals surface area contributed by atoms with Crippen LogP contribution in [0.25, 0.3) is 0 Å². The summed E-state index contributed by atoms with van der Waals surface area (Å²) in [6.45, 7) is 0.0391. The second kappa shape index (κ2) is 6.66. The Hall–Kier alpha value is -2.96. The van der Waals surface area contributed by atoms with Crippen LogP contribution in [0.3, 0.4) is 0 Å². The van der Waals surface area contributed by atoms with Gasteiger partial charge in [-0.2, -0.15) is 0 Å². The minimum atomic E-state index is -0.553. The fourth-order valence-electron chi connectivity index (χ4n) is 1.92. The minimum Gasteiger partial charge on any atom is -0.323 e. The van der Waals surface area contributed by atoms with Crippen molar-refractivity contribution < 1.29 is 14.1 Å². The molecule has 0 spiro atoms. The van der Waals surface area contributed by atoms with E-state index >= 15 is 0 Å². The van der Waals surface area contributed by atoms with Gasteiger partial charge in [0, 0.05) is 18.7 Å². The summed E-state index contributed by atoms with van der Waals surface area (Å²) in [5, 5.41) is 13.4. The number of amides is 2. The average Bonchev–Trinajstić information content (AvgIpc) is 2.49. The summed E-state index contributed by atoms with van der Waals surface area (Å²) in [6.07, 6.45) is 0. The number of urea groups is 1. The zero-order valence-electron chi connectivity index (χ0n) is 11.8. The number of nitrogens with one attached hydrogen (secondary N) is 1. The third-order valence-electron chi connectivity index (χ3n) is 3.06. The minimum absolute atomic E-state index is 0.0391. The Labute approximate surface area is 126 Å². The summed E-state index contributed by atoms with van der Waals surface area (Å²) in [4.78, 5) is 23.7. The number of hydrogen-bond acceptors (Lipinski definition) is 3. The lowest BCUT2D eigenvalue weighted by molar-refractivity contribution is -0.385. The van der Waals surface area contributed by atoms with E-state index in [2.05, 4.69) is 5.32 Å². The molecule has 0 saturated carbocycles. The van der Waals surface area contributed by atoms with Crippen molar-refractivity contribution in [3.05, 3.63) is 70.0 Å². The van der Waals surface area contributed by atoms with Gasteiger partial charge in [0.1, 0.15) is 5.82 Å². The van der Waals surface area contributed by atoms with E-state index in [0.717, 1.165) is 0 Å². The lowest BCUT2D eigenvalue weighted by atomic mass is 10.2. The summed E-state index contributed by atoms with van der Waals surface area (Å²) < 4.78 is 13.5. The lowest BCUT2D eigenvalue weighted by Crippen LogP contribution is -2.31. The van der Waals surface area contributed by atoms with Crippen molar-refractivity contribution in [3.8, 4) is 0 Å². The van der Waals surface area contributed by atoms with Gasteiger partial charge in [0.2, 0.25) is 0 Å². The van der Waals surface area contributed by atoms with Crippen molar-refractivity contribution in [2.75, 3.05) is 12.4 Å². The normalized spacial score (nSPS) is 10.1. The summed E-state index contributed by atoms with van der Waals surface area (Å²) in [5.41, 5.74) is 0.397. The maximum Gasteiger partial charge on any atom is 0.321 e. The topological polar surface area (TPSA) is 75.5 Å². The standard InChI is InChI=1S/C15H14FN3O3/c1-18(10-11-6-2-5-9-14(11)19(21)22)15(20)17-13-8-4-3-7-12(13)16/h2-9H,10H2,1H3,(H,17,20). The van der Waals surface area contributed by atoms with E-state index in [1.54, 1.807) is 24.3 Å². The first kappa shape index (κ1) is 15.4. The van der Waals surface area contributed by atoms with Gasteiger partial charge in [-0.1, -0.05) is 30.3 Å². The molecule has 1 N–H and O–H groups in total. The van der Waals surface area contributed by atoms with E-state index in [0.29, 0.717) is 5.56 Å². The van der Waals surface area contributed by atoms with E-state index in [-0.39, 0.29) is 17.9 Å². The van der Waals surface area contributed by atoms with Crippen molar-refractivity contribution in [3.63, 3.8) is 0 Å². The largest absolute Gasteiger partial charge is 0.323 e. The maximum absolute atomic E-state index is 13.5. The molecule has 0 fully saturated rings. The molecule has 2 aromatic rings. The molecule has 0 radical (unpaired) electrons. The Morgan fingerprint density at radius 1 is 1.23 bits per heavy atom. The lowest BCUT2D eigenvalue weighted by Gasteiger charge is -2.18. The van der Waals surface area contributed by atoms with Crippen LogP contribution in [0.5, 0.6) is 0 Å². The van der Waals surface area contributed by atoms with Gasteiger partial charge >= 0.3 is 6.03 Å². The van der Waals surface area contributed by atoms with Crippen molar-refractivity contribution in [2.24, 2.45) is 0 Å². The highest BCUT2D eigenvalue weighted by atomic mass is 19.1. The number of benzene rings is 2. The second-order valence-electron chi connectivity index (χ2n) is 4.65. The van der Waals surface area contributed by atoms with Gasteiger partial charge in [-0.25, -0.2) is 9.18 Å². The molecule has 7 heteroatoms. The predicted octanol–water partition coefficient (Wildman–Crippen LogP) is 3.40. The van der Waals surface area contributed by atoms with Gasteiger partial charge in [-0.3, -0.25) is 10.1 Å². The van der Waals surface area contributed by atoms with Gasteiger partial charge in [0.15, 0.2) is 0 Å². The van der Waals surface area contributed by atoms with Crippen LogP contribution >= 0.6 is 0 Å². The quantitative estimate of drug-likeness (QED) is 0.694. The number of para-hydroxylation sites is 2. The van der Waals surface area contributed by atoms with Gasteiger partial charge < -0.3 is 10.2 Å². The maximum atomic E-state index is 13.5. The molecule has 0 aliphatic heterocycles. The van der Waals surface area contributed by atoms with E-state index in [9.17, 15) is 19.3 Å². The molecule has 114 valence electrons. The SMILES string of the molecule is CN(Cc1ccccc1[N+](=O)[O-])C(=O)Nc1ccccc1F. The molecule has 0 bridgehead atoms. The molecule has 0 aliphatic carbocycles. The van der Waals surface area contributed by atoms with Crippen LogP contribution in [0.1, 0.15) is 5.56 Å². The Balaban J connectivity index is 2.09. The third-order valence-corrected chi connectivity index (χ3v) is 3.06. The van der Waals surface area contributed by atoms with Gasteiger partial charge in [0.25, 0.3) is 5.69 Å². The van der Waals surface area contributed by atoms with E-state index in [4.69, 9.17) is 0 Å². The summed E-state index contributed by atoms with van der Waals surface area (Å²) in [6, 6.07) is 11.4. The number of rotatable bonds is 4. The van der Waals surface area contributed by atoms with Crippen LogP contribution in [-0.2, 0) is 6.54 Å². The average molecular weight is 303 g/mol. The summed E-state index contributed by atoms with van der Waals surface area (Å²) in [7, 11) is 1.48. The molecular weight excluding hydrogens is 289 g/mol. The van der Waals surface area contributed by atoms with Crippen molar-refractivity contribution >= 4 is 17.4 Å². The van der Waals surface area contributed by atoms with Crippen molar-refractivity contribution in [1.82, 2.24) is 4.90 Å². The fraction of sp³-hybridized carbons (Fsp3) is 0.133. The smallest absolute Gasteiger partial charge is 0.321 e. The highest BCUT2D eigenvalue weighted by molar-refractivity contribution is 5.89. The van der Waals surface area contributed by atoms with Crippen molar-refractivity contribution in [1.29, 1.82) is 0 Å². The molecule has 0 saturated heterocycles. The van der Waals surface area contributed by atoms with Crippen molar-refractivity contribution in [2.45, 2.75) is 6.54 Å². The number of carbonyl (C=O) groups is 1. The first-order valence-electron chi connectivity index (χ1n) is 6.48. The zero-order chi connectivity index (χ0) is 16.1. The fourth-order valence-corrected chi connectivity index (χ4v) is 1.92. The number of anilines is 1. The van der Waals surface area contributed by atoms with E-state index in [1.807, 2.05) is 0 Å². The van der Waals surface area contributed by atoms with Crippen LogP contribution in [0, 0.1) is 15.9 Å². The Morgan fingerprint density at radius 3 is 2.55 bits per heavy atom. The molecule has 2 aromatic carbocycles. The first-order chi connectivity index (χ1) is 10.5. The van der Waals surface area contributed by atoms with Crippen LogP contribution < -0.4 is 5.32 Å². The number of nitro groups is 1. The van der Waals surface area contributed by atoms with Gasteiger partial charge in [0.05, 0.1) is 17.2 Å². The number of nitrogens with zero attached hydrogens (tertiary/aromatic N) is 2. The molecule has 0 aromatic heterocycles. The second-order valence-corrected chi connectivity index (χ2v) is 4.65. The predicted molar refractivity (Wildman–Crippen MR) is 80.0 cm³/mol. The summed E-state index contributed by atoms with van der Waals surface area (Å²) in [5.74, 6) is -0.546. The number of nitro benzene ring substituents is 1. The third kappa shape index (κ3) is 3.57. The van der Waals surface area contributed by atoms with Gasteiger partial charge in [-0.05, 0) is 12.1 Å². The van der Waals surface area contributed by atoms with Gasteiger partial charge in [-0.15, -0.1) is 0 Å². The molecular formula is C15H14FN3O3. The molecule has 6 nitrogen and oxygen atoms in total.